The molecule has 1 saturated heterocycles. The summed E-state index contributed by atoms with van der Waals surface area (Å²) in [6.45, 7) is 7.91. The fraction of sp³-hybridized carbons (Fsp3) is 0.412. The normalized spacial score (nSPS) is 15.5. The number of carbonyl (C=O) groups is 1. The molecule has 2 aromatic carbocycles. The molecular weight excluding hydrogens is 609 g/mol. The van der Waals surface area contributed by atoms with Gasteiger partial charge in [0.05, 0.1) is 29.4 Å². The molecule has 5 rings (SSSR count). The zero-order valence-corrected chi connectivity index (χ0v) is 27.4. The van der Waals surface area contributed by atoms with Crippen molar-refractivity contribution >= 4 is 32.7 Å². The monoisotopic (exact) mass is 649 g/mol. The molecule has 1 amide bonds. The third-order valence-corrected chi connectivity index (χ3v) is 9.23. The molecule has 0 radical (unpaired) electrons. The minimum absolute atomic E-state index is 0.0194. The highest BCUT2D eigenvalue weighted by Crippen LogP contribution is 2.38. The van der Waals surface area contributed by atoms with Crippen LogP contribution in [0.15, 0.2) is 60.9 Å². The molecule has 2 aromatic heterocycles. The van der Waals surface area contributed by atoms with Gasteiger partial charge in [-0.2, -0.15) is 0 Å². The minimum Gasteiger partial charge on any atom is -0.444 e. The zero-order valence-electron chi connectivity index (χ0n) is 26.6. The molecule has 1 N–H and O–H groups in total. The summed E-state index contributed by atoms with van der Waals surface area (Å²) >= 11 is 0. The van der Waals surface area contributed by atoms with Crippen molar-refractivity contribution in [3.63, 3.8) is 0 Å². The second kappa shape index (κ2) is 14.0. The van der Waals surface area contributed by atoms with E-state index < -0.39 is 22.1 Å². The molecule has 4 aromatic rings. The van der Waals surface area contributed by atoms with Crippen LogP contribution in [0.3, 0.4) is 0 Å². The summed E-state index contributed by atoms with van der Waals surface area (Å²) in [5, 5.41) is 4.86. The standard InChI is InChI=1S/C34H40FN5O5S/c1-23-13-14-26-24(22-46(42,43)20-8-16-35)9-5-11-27(26)30(23)44-31-28(12-6-17-36-31)29-15-18-37-32(39-29)38-25-10-7-19-40(21-25)33(41)45-34(2,3)4/h5-6,9,11-15,17-18,25H,7-8,10,16,19-22H2,1-4H3,(H,37,38,39)/t25-/m0/s1. The summed E-state index contributed by atoms with van der Waals surface area (Å²) in [7, 11) is -3.48. The number of nitrogens with zero attached hydrogens (tertiary/aromatic N) is 4. The number of alkyl halides is 1. The van der Waals surface area contributed by atoms with Gasteiger partial charge in [0.2, 0.25) is 11.8 Å². The van der Waals surface area contributed by atoms with E-state index in [0.29, 0.717) is 47.5 Å². The number of pyridine rings is 1. The van der Waals surface area contributed by atoms with Crippen molar-refractivity contribution in [3.8, 4) is 22.9 Å². The molecule has 46 heavy (non-hydrogen) atoms. The van der Waals surface area contributed by atoms with Gasteiger partial charge in [0.15, 0.2) is 9.84 Å². The van der Waals surface area contributed by atoms with Crippen LogP contribution in [0.1, 0.15) is 51.2 Å². The molecule has 10 nitrogen and oxygen atoms in total. The van der Waals surface area contributed by atoms with Crippen LogP contribution in [0.2, 0.25) is 0 Å². The Morgan fingerprint density at radius 2 is 1.89 bits per heavy atom. The van der Waals surface area contributed by atoms with Crippen molar-refractivity contribution in [3.05, 3.63) is 72.1 Å². The number of fused-ring (bicyclic) bond motifs is 1. The number of benzene rings is 2. The summed E-state index contributed by atoms with van der Waals surface area (Å²) in [4.78, 5) is 28.1. The Labute approximate surface area is 269 Å². The molecular formula is C34H40FN5O5S. The van der Waals surface area contributed by atoms with Crippen LogP contribution in [-0.2, 0) is 20.3 Å². The van der Waals surface area contributed by atoms with Gasteiger partial charge in [0, 0.05) is 36.9 Å². The topological polar surface area (TPSA) is 124 Å². The number of rotatable bonds is 10. The molecule has 1 aliphatic heterocycles. The van der Waals surface area contributed by atoms with Crippen LogP contribution in [0.5, 0.6) is 11.6 Å². The third-order valence-electron chi connectivity index (χ3n) is 7.57. The molecule has 12 heteroatoms. The minimum atomic E-state index is -3.48. The van der Waals surface area contributed by atoms with Crippen LogP contribution in [0.4, 0.5) is 15.1 Å². The average Bonchev–Trinajstić information content (AvgIpc) is 3.01. The van der Waals surface area contributed by atoms with Crippen molar-refractivity contribution in [2.75, 3.05) is 30.8 Å². The lowest BCUT2D eigenvalue weighted by molar-refractivity contribution is 0.0206. The summed E-state index contributed by atoms with van der Waals surface area (Å²) in [6, 6.07) is 14.6. The van der Waals surface area contributed by atoms with E-state index in [4.69, 9.17) is 14.5 Å². The fourth-order valence-corrected chi connectivity index (χ4v) is 6.88. The van der Waals surface area contributed by atoms with Crippen LogP contribution in [0, 0.1) is 6.92 Å². The first-order chi connectivity index (χ1) is 21.9. The number of aromatic nitrogens is 3. The second-order valence-electron chi connectivity index (χ2n) is 12.5. The van der Waals surface area contributed by atoms with Gasteiger partial charge in [-0.25, -0.2) is 28.2 Å². The molecule has 3 heterocycles. The summed E-state index contributed by atoms with van der Waals surface area (Å²) < 4.78 is 50.0. The largest absolute Gasteiger partial charge is 0.444 e. The quantitative estimate of drug-likeness (QED) is 0.196. The number of carbonyl (C=O) groups excluding carboxylic acids is 1. The smallest absolute Gasteiger partial charge is 0.410 e. The van der Waals surface area contributed by atoms with Crippen molar-refractivity contribution in [2.45, 2.75) is 64.4 Å². The lowest BCUT2D eigenvalue weighted by Crippen LogP contribution is -2.47. The predicted octanol–water partition coefficient (Wildman–Crippen LogP) is 6.88. The van der Waals surface area contributed by atoms with E-state index >= 15 is 0 Å². The van der Waals surface area contributed by atoms with E-state index in [9.17, 15) is 17.6 Å². The van der Waals surface area contributed by atoms with Gasteiger partial charge in [-0.05, 0) is 81.7 Å². The predicted molar refractivity (Wildman–Crippen MR) is 177 cm³/mol. The van der Waals surface area contributed by atoms with Gasteiger partial charge in [0.25, 0.3) is 0 Å². The van der Waals surface area contributed by atoms with E-state index in [1.165, 1.54) is 0 Å². The Balaban J connectivity index is 1.39. The Hall–Kier alpha value is -4.32. The highest BCUT2D eigenvalue weighted by molar-refractivity contribution is 7.90. The SMILES string of the molecule is Cc1ccc2c(CS(=O)(=O)CCCF)cccc2c1Oc1ncccc1-c1ccnc(N[C@H]2CCCN(C(=O)OC(C)(C)C)C2)n1. The number of nitrogens with one attached hydrogen (secondary N) is 1. The first-order valence-corrected chi connectivity index (χ1v) is 17.2. The summed E-state index contributed by atoms with van der Waals surface area (Å²) in [5.74, 6) is 0.915. The number of hydrogen-bond acceptors (Lipinski definition) is 9. The van der Waals surface area contributed by atoms with Gasteiger partial charge < -0.3 is 19.7 Å². The molecule has 0 spiro atoms. The van der Waals surface area contributed by atoms with Crippen molar-refractivity contribution < 1.29 is 27.1 Å². The van der Waals surface area contributed by atoms with E-state index in [2.05, 4.69) is 15.3 Å². The lowest BCUT2D eigenvalue weighted by atomic mass is 10.0. The Morgan fingerprint density at radius 3 is 2.67 bits per heavy atom. The maximum atomic E-state index is 12.7. The molecule has 244 valence electrons. The van der Waals surface area contributed by atoms with E-state index in [1.54, 1.807) is 41.6 Å². The Kier molecular flexibility index (Phi) is 10.0. The molecule has 0 aliphatic carbocycles. The molecule has 0 unspecified atom stereocenters. The first-order valence-electron chi connectivity index (χ1n) is 15.4. The van der Waals surface area contributed by atoms with Crippen LogP contribution < -0.4 is 10.1 Å². The third kappa shape index (κ3) is 8.28. The van der Waals surface area contributed by atoms with Crippen molar-refractivity contribution in [1.82, 2.24) is 19.9 Å². The number of aryl methyl sites for hydroxylation is 1. The van der Waals surface area contributed by atoms with E-state index in [0.717, 1.165) is 29.2 Å². The van der Waals surface area contributed by atoms with Crippen LogP contribution in [-0.4, -0.2) is 71.5 Å². The Bertz CT molecular complexity index is 1810. The number of amides is 1. The van der Waals surface area contributed by atoms with E-state index in [-0.39, 0.29) is 30.1 Å². The van der Waals surface area contributed by atoms with Gasteiger partial charge in [-0.3, -0.25) is 4.39 Å². The maximum absolute atomic E-state index is 12.7. The summed E-state index contributed by atoms with van der Waals surface area (Å²) in [6.07, 6.45) is 4.62. The fourth-order valence-electron chi connectivity index (χ4n) is 5.46. The molecule has 1 atom stereocenters. The number of halogens is 1. The number of ether oxygens (including phenoxy) is 2. The lowest BCUT2D eigenvalue weighted by Gasteiger charge is -2.34. The van der Waals surface area contributed by atoms with Crippen LogP contribution >= 0.6 is 0 Å². The van der Waals surface area contributed by atoms with Gasteiger partial charge in [-0.15, -0.1) is 0 Å². The van der Waals surface area contributed by atoms with Gasteiger partial charge in [-0.1, -0.05) is 30.3 Å². The molecule has 0 bridgehead atoms. The maximum Gasteiger partial charge on any atom is 0.410 e. The van der Waals surface area contributed by atoms with Crippen LogP contribution in [0.25, 0.3) is 22.0 Å². The first kappa shape index (κ1) is 33.1. The number of piperidine rings is 1. The highest BCUT2D eigenvalue weighted by Gasteiger charge is 2.28. The summed E-state index contributed by atoms with van der Waals surface area (Å²) in [5.41, 5.74) is 2.15. The van der Waals surface area contributed by atoms with Gasteiger partial charge >= 0.3 is 6.09 Å². The number of hydrogen-bond donors (Lipinski definition) is 1. The number of anilines is 1. The number of sulfone groups is 1. The number of likely N-dealkylation sites (tertiary alicyclic amines) is 1. The zero-order chi connectivity index (χ0) is 32.9. The van der Waals surface area contributed by atoms with Gasteiger partial charge in [0.1, 0.15) is 11.4 Å². The second-order valence-corrected chi connectivity index (χ2v) is 14.7. The Morgan fingerprint density at radius 1 is 1.07 bits per heavy atom. The van der Waals surface area contributed by atoms with Crippen molar-refractivity contribution in [2.24, 2.45) is 0 Å². The molecule has 1 fully saturated rings. The molecule has 0 saturated carbocycles. The van der Waals surface area contributed by atoms with E-state index in [1.807, 2.05) is 52.0 Å². The van der Waals surface area contributed by atoms with Crippen molar-refractivity contribution in [1.29, 1.82) is 0 Å². The molecule has 1 aliphatic rings. The highest BCUT2D eigenvalue weighted by atomic mass is 32.2. The average molecular weight is 650 g/mol.